The fourth-order valence-corrected chi connectivity index (χ4v) is 4.06. The van der Waals surface area contributed by atoms with Gasteiger partial charge in [-0.1, -0.05) is 72.3 Å². The maximum Gasteiger partial charge on any atom is 0.0458 e. The van der Waals surface area contributed by atoms with E-state index < -0.39 is 0 Å². The average Bonchev–Trinajstić information content (AvgIpc) is 2.71. The van der Waals surface area contributed by atoms with Crippen molar-refractivity contribution in [1.82, 2.24) is 4.90 Å². The van der Waals surface area contributed by atoms with Crippen LogP contribution in [0.3, 0.4) is 0 Å². The highest BCUT2D eigenvalue weighted by atomic mass is 35.5. The second-order valence-electron chi connectivity index (χ2n) is 7.23. The lowest BCUT2D eigenvalue weighted by molar-refractivity contribution is 0.214. The first-order valence-corrected chi connectivity index (χ1v) is 9.98. The molecule has 29 heavy (non-hydrogen) atoms. The van der Waals surface area contributed by atoms with E-state index in [1.807, 2.05) is 12.1 Å². The van der Waals surface area contributed by atoms with E-state index in [-0.39, 0.29) is 24.8 Å². The number of hydrogen-bond acceptors (Lipinski definition) is 2. The Kier molecular flexibility index (Phi) is 9.32. The van der Waals surface area contributed by atoms with Gasteiger partial charge in [0, 0.05) is 42.9 Å². The summed E-state index contributed by atoms with van der Waals surface area (Å²) in [6, 6.07) is 30.3. The van der Waals surface area contributed by atoms with Crippen LogP contribution in [0.4, 0.5) is 5.69 Å². The van der Waals surface area contributed by atoms with E-state index >= 15 is 0 Å². The molecule has 4 rings (SSSR count). The number of nitrogens with zero attached hydrogens (tertiary/aromatic N) is 2. The van der Waals surface area contributed by atoms with Crippen LogP contribution in [0.2, 0.25) is 5.02 Å². The van der Waals surface area contributed by atoms with Crippen molar-refractivity contribution in [2.75, 3.05) is 24.5 Å². The largest absolute Gasteiger partial charge is 0.366 e. The van der Waals surface area contributed by atoms with Crippen molar-refractivity contribution in [1.29, 1.82) is 0 Å². The standard InChI is InChI=1S/C24H25ClN2.2ClH/c25-22-11-13-23(14-12-22)27-16-15-26(18-21-9-5-2-6-10-21)19-24(27)17-20-7-3-1-4-8-20;;/h1-14,24H,15-19H2;2*1H/t24-;;/m1../s1. The SMILES string of the molecule is Cl.Cl.Clc1ccc(N2CCN(Cc3ccccc3)C[C@H]2Cc2ccccc2)cc1. The minimum absolute atomic E-state index is 0. The van der Waals surface area contributed by atoms with Gasteiger partial charge in [-0.2, -0.15) is 0 Å². The van der Waals surface area contributed by atoms with Crippen LogP contribution in [0.5, 0.6) is 0 Å². The third-order valence-electron chi connectivity index (χ3n) is 5.29. The fraction of sp³-hybridized carbons (Fsp3) is 0.250. The number of halogens is 3. The van der Waals surface area contributed by atoms with Crippen molar-refractivity contribution in [3.8, 4) is 0 Å². The highest BCUT2D eigenvalue weighted by Crippen LogP contribution is 2.25. The molecular formula is C24H27Cl3N2. The first-order valence-electron chi connectivity index (χ1n) is 9.60. The maximum absolute atomic E-state index is 6.10. The molecule has 0 unspecified atom stereocenters. The predicted molar refractivity (Wildman–Crippen MR) is 129 cm³/mol. The van der Waals surface area contributed by atoms with Gasteiger partial charge in [0.25, 0.3) is 0 Å². The molecule has 0 amide bonds. The average molecular weight is 450 g/mol. The summed E-state index contributed by atoms with van der Waals surface area (Å²) in [5.74, 6) is 0. The number of hydrogen-bond donors (Lipinski definition) is 0. The fourth-order valence-electron chi connectivity index (χ4n) is 3.94. The van der Waals surface area contributed by atoms with Gasteiger partial charge in [-0.15, -0.1) is 24.8 Å². The van der Waals surface area contributed by atoms with Gasteiger partial charge in [0.05, 0.1) is 0 Å². The second-order valence-corrected chi connectivity index (χ2v) is 7.67. The quantitative estimate of drug-likeness (QED) is 0.463. The van der Waals surface area contributed by atoms with E-state index in [9.17, 15) is 0 Å². The molecule has 1 aliphatic heterocycles. The van der Waals surface area contributed by atoms with Crippen molar-refractivity contribution in [2.24, 2.45) is 0 Å². The molecular weight excluding hydrogens is 423 g/mol. The Morgan fingerprint density at radius 3 is 1.93 bits per heavy atom. The van der Waals surface area contributed by atoms with Crippen molar-refractivity contribution in [3.63, 3.8) is 0 Å². The highest BCUT2D eigenvalue weighted by molar-refractivity contribution is 6.30. The number of benzene rings is 3. The Labute approximate surface area is 191 Å². The van der Waals surface area contributed by atoms with Crippen molar-refractivity contribution in [2.45, 2.75) is 19.0 Å². The molecule has 0 bridgehead atoms. The summed E-state index contributed by atoms with van der Waals surface area (Å²) in [6.07, 6.45) is 1.05. The normalized spacial score (nSPS) is 16.6. The summed E-state index contributed by atoms with van der Waals surface area (Å²) in [5.41, 5.74) is 4.04. The van der Waals surface area contributed by atoms with E-state index in [0.29, 0.717) is 6.04 Å². The van der Waals surface area contributed by atoms with Crippen LogP contribution in [0, 0.1) is 0 Å². The first-order chi connectivity index (χ1) is 13.3. The van der Waals surface area contributed by atoms with E-state index in [1.54, 1.807) is 0 Å². The Morgan fingerprint density at radius 1 is 0.724 bits per heavy atom. The summed E-state index contributed by atoms with van der Waals surface area (Å²) < 4.78 is 0. The van der Waals surface area contributed by atoms with Crippen LogP contribution in [-0.2, 0) is 13.0 Å². The Morgan fingerprint density at radius 2 is 1.31 bits per heavy atom. The van der Waals surface area contributed by atoms with Crippen LogP contribution in [-0.4, -0.2) is 30.6 Å². The summed E-state index contributed by atoms with van der Waals surface area (Å²) in [4.78, 5) is 5.13. The van der Waals surface area contributed by atoms with Crippen molar-refractivity contribution < 1.29 is 0 Å². The molecule has 154 valence electrons. The summed E-state index contributed by atoms with van der Waals surface area (Å²) in [7, 11) is 0. The number of piperazine rings is 1. The molecule has 1 saturated heterocycles. The van der Waals surface area contributed by atoms with Gasteiger partial charge < -0.3 is 4.90 Å². The molecule has 2 nitrogen and oxygen atoms in total. The molecule has 0 aromatic heterocycles. The lowest BCUT2D eigenvalue weighted by Gasteiger charge is -2.43. The maximum atomic E-state index is 6.10. The molecule has 3 aromatic carbocycles. The second kappa shape index (κ2) is 11.5. The lowest BCUT2D eigenvalue weighted by atomic mass is 10.0. The van der Waals surface area contributed by atoms with Gasteiger partial charge in [-0.3, -0.25) is 4.90 Å². The van der Waals surface area contributed by atoms with E-state index in [0.717, 1.165) is 37.6 Å². The van der Waals surface area contributed by atoms with Gasteiger partial charge in [0.2, 0.25) is 0 Å². The topological polar surface area (TPSA) is 6.48 Å². The lowest BCUT2D eigenvalue weighted by Crippen LogP contribution is -2.53. The molecule has 1 aliphatic rings. The van der Waals surface area contributed by atoms with Crippen LogP contribution in [0.25, 0.3) is 0 Å². The predicted octanol–water partition coefficient (Wildman–Crippen LogP) is 6.12. The summed E-state index contributed by atoms with van der Waals surface area (Å²) >= 11 is 6.10. The smallest absolute Gasteiger partial charge is 0.0458 e. The molecule has 1 heterocycles. The zero-order valence-electron chi connectivity index (χ0n) is 16.3. The van der Waals surface area contributed by atoms with E-state index in [2.05, 4.69) is 82.6 Å². The zero-order valence-corrected chi connectivity index (χ0v) is 18.7. The van der Waals surface area contributed by atoms with Gasteiger partial charge >= 0.3 is 0 Å². The van der Waals surface area contributed by atoms with Gasteiger partial charge in [-0.05, 0) is 41.8 Å². The monoisotopic (exact) mass is 448 g/mol. The minimum Gasteiger partial charge on any atom is -0.366 e. The summed E-state index contributed by atoms with van der Waals surface area (Å²) in [6.45, 7) is 4.18. The third kappa shape index (κ3) is 6.38. The third-order valence-corrected chi connectivity index (χ3v) is 5.54. The van der Waals surface area contributed by atoms with Crippen LogP contribution in [0.15, 0.2) is 84.9 Å². The Bertz CT molecular complexity index is 841. The molecule has 0 spiro atoms. The van der Waals surface area contributed by atoms with Gasteiger partial charge in [-0.25, -0.2) is 0 Å². The molecule has 5 heteroatoms. The number of rotatable bonds is 5. The van der Waals surface area contributed by atoms with Crippen molar-refractivity contribution in [3.05, 3.63) is 101 Å². The molecule has 0 aliphatic carbocycles. The molecule has 1 fully saturated rings. The van der Waals surface area contributed by atoms with Crippen LogP contribution >= 0.6 is 36.4 Å². The highest BCUT2D eigenvalue weighted by Gasteiger charge is 2.27. The zero-order chi connectivity index (χ0) is 18.5. The van der Waals surface area contributed by atoms with Crippen LogP contribution < -0.4 is 4.90 Å². The first kappa shape index (κ1) is 23.6. The van der Waals surface area contributed by atoms with Gasteiger partial charge in [0.1, 0.15) is 0 Å². The minimum atomic E-state index is 0. The summed E-state index contributed by atoms with van der Waals surface area (Å²) in [5, 5.41) is 0.793. The molecule has 0 N–H and O–H groups in total. The van der Waals surface area contributed by atoms with Crippen molar-refractivity contribution >= 4 is 42.1 Å². The van der Waals surface area contributed by atoms with Crippen LogP contribution in [0.1, 0.15) is 11.1 Å². The molecule has 1 atom stereocenters. The Balaban J connectivity index is 0.00000150. The van der Waals surface area contributed by atoms with E-state index in [1.165, 1.54) is 16.8 Å². The Hall–Kier alpha value is -1.71. The number of anilines is 1. The molecule has 3 aromatic rings. The molecule has 0 saturated carbocycles. The van der Waals surface area contributed by atoms with E-state index in [4.69, 9.17) is 11.6 Å². The molecule has 0 radical (unpaired) electrons. The van der Waals surface area contributed by atoms with Gasteiger partial charge in [0.15, 0.2) is 0 Å².